The fraction of sp³-hybridized carbons (Fsp3) is 0.727. The van der Waals surface area contributed by atoms with Gasteiger partial charge in [-0.25, -0.2) is 0 Å². The molecule has 0 radical (unpaired) electrons. The summed E-state index contributed by atoms with van der Waals surface area (Å²) in [6.07, 6.45) is 5.47. The van der Waals surface area contributed by atoms with Gasteiger partial charge in [-0.2, -0.15) is 0 Å². The van der Waals surface area contributed by atoms with E-state index in [-0.39, 0.29) is 6.04 Å². The third-order valence-corrected chi connectivity index (χ3v) is 7.00. The Hall–Kier alpha value is -0.860. The zero-order valence-electron chi connectivity index (χ0n) is 15.9. The number of benzene rings is 1. The van der Waals surface area contributed by atoms with Crippen molar-refractivity contribution in [3.8, 4) is 0 Å². The summed E-state index contributed by atoms with van der Waals surface area (Å²) in [6.45, 7) is 9.17. The molecule has 2 saturated carbocycles. The quantitative estimate of drug-likeness (QED) is 0.838. The van der Waals surface area contributed by atoms with Crippen molar-refractivity contribution < 1.29 is 0 Å². The smallest absolute Gasteiger partial charge is 0.0331 e. The van der Waals surface area contributed by atoms with Crippen LogP contribution in [0.5, 0.6) is 0 Å². The lowest BCUT2D eigenvalue weighted by Gasteiger charge is -2.31. The summed E-state index contributed by atoms with van der Waals surface area (Å²) in [7, 11) is 0. The normalized spacial score (nSPS) is 36.8. The highest BCUT2D eigenvalue weighted by atomic mass is 14.7. The van der Waals surface area contributed by atoms with E-state index < -0.39 is 0 Å². The van der Waals surface area contributed by atoms with E-state index in [9.17, 15) is 0 Å². The predicted octanol–water partition coefficient (Wildman–Crippen LogP) is 4.53. The molecule has 2 bridgehead atoms. The Labute approximate surface area is 148 Å². The molecule has 2 heteroatoms. The van der Waals surface area contributed by atoms with Crippen LogP contribution in [0.15, 0.2) is 24.3 Å². The number of fused-ring (bicyclic) bond motifs is 3. The third kappa shape index (κ3) is 3.28. The van der Waals surface area contributed by atoms with Gasteiger partial charge in [0.15, 0.2) is 0 Å². The van der Waals surface area contributed by atoms with Crippen LogP contribution in [0.4, 0.5) is 0 Å². The number of nitrogens with two attached hydrogens (primary N) is 2. The number of hydrogen-bond donors (Lipinski definition) is 2. The molecule has 24 heavy (non-hydrogen) atoms. The maximum Gasteiger partial charge on any atom is 0.0331 e. The Morgan fingerprint density at radius 2 is 1.58 bits per heavy atom. The molecule has 3 aliphatic carbocycles. The maximum atomic E-state index is 6.19. The topological polar surface area (TPSA) is 52.0 Å². The van der Waals surface area contributed by atoms with Crippen molar-refractivity contribution in [2.75, 3.05) is 0 Å². The van der Waals surface area contributed by atoms with Crippen LogP contribution in [-0.2, 0) is 6.42 Å². The van der Waals surface area contributed by atoms with Gasteiger partial charge in [0, 0.05) is 12.1 Å². The van der Waals surface area contributed by atoms with Gasteiger partial charge in [0.1, 0.15) is 0 Å². The van der Waals surface area contributed by atoms with Crippen LogP contribution in [0, 0.1) is 35.5 Å². The summed E-state index contributed by atoms with van der Waals surface area (Å²) < 4.78 is 0. The standard InChI is InChI=1S/C12H17N.C10H19N/c1-8(2)11-7-9-5-3-4-6-10(9)12(11)13;1-6(2)9-7-3-4-8(5-7)10(9)11/h3-6,8,11-12H,7,13H2,1-2H3;6-10H,3-5,11H2,1-2H3. The molecular formula is C22H36N2. The third-order valence-electron chi connectivity index (χ3n) is 7.00. The van der Waals surface area contributed by atoms with Crippen LogP contribution < -0.4 is 11.5 Å². The Balaban J connectivity index is 0.000000143. The van der Waals surface area contributed by atoms with Crippen LogP contribution in [0.25, 0.3) is 0 Å². The van der Waals surface area contributed by atoms with Crippen molar-refractivity contribution in [3.05, 3.63) is 35.4 Å². The molecule has 0 saturated heterocycles. The van der Waals surface area contributed by atoms with Gasteiger partial charge in [0.25, 0.3) is 0 Å². The van der Waals surface area contributed by atoms with E-state index in [4.69, 9.17) is 11.5 Å². The highest BCUT2D eigenvalue weighted by Crippen LogP contribution is 2.50. The molecule has 2 nitrogen and oxygen atoms in total. The summed E-state index contributed by atoms with van der Waals surface area (Å²) >= 11 is 0. The molecule has 2 fully saturated rings. The zero-order valence-corrected chi connectivity index (χ0v) is 15.9. The minimum absolute atomic E-state index is 0.260. The van der Waals surface area contributed by atoms with E-state index in [0.717, 1.165) is 30.1 Å². The Bertz CT molecular complexity index is 549. The number of hydrogen-bond acceptors (Lipinski definition) is 2. The molecule has 0 heterocycles. The highest BCUT2D eigenvalue weighted by molar-refractivity contribution is 5.35. The SMILES string of the molecule is CC(C)C1C2CCC(C2)C1N.CC(C)C1Cc2ccccc2C1N. The lowest BCUT2D eigenvalue weighted by molar-refractivity contribution is 0.222. The van der Waals surface area contributed by atoms with Crippen LogP contribution in [0.1, 0.15) is 64.1 Å². The van der Waals surface area contributed by atoms with Gasteiger partial charge < -0.3 is 11.5 Å². The Kier molecular flexibility index (Phi) is 5.36. The van der Waals surface area contributed by atoms with E-state index in [0.29, 0.717) is 17.9 Å². The molecule has 6 unspecified atom stereocenters. The molecule has 0 amide bonds. The average Bonchev–Trinajstić information content (AvgIpc) is 3.21. The van der Waals surface area contributed by atoms with Crippen LogP contribution >= 0.6 is 0 Å². The largest absolute Gasteiger partial charge is 0.327 e. The minimum atomic E-state index is 0.260. The monoisotopic (exact) mass is 328 g/mol. The fourth-order valence-corrected chi connectivity index (χ4v) is 5.68. The molecule has 0 aliphatic heterocycles. The lowest BCUT2D eigenvalue weighted by atomic mass is 9.78. The van der Waals surface area contributed by atoms with Crippen LogP contribution in [0.3, 0.4) is 0 Å². The first-order chi connectivity index (χ1) is 11.4. The average molecular weight is 329 g/mol. The molecule has 4 rings (SSSR count). The van der Waals surface area contributed by atoms with Gasteiger partial charge in [-0.15, -0.1) is 0 Å². The summed E-state index contributed by atoms with van der Waals surface area (Å²) in [5.74, 6) is 4.83. The zero-order chi connectivity index (χ0) is 17.4. The predicted molar refractivity (Wildman–Crippen MR) is 103 cm³/mol. The molecule has 1 aromatic carbocycles. The summed E-state index contributed by atoms with van der Waals surface area (Å²) in [6, 6.07) is 9.36. The van der Waals surface area contributed by atoms with Crippen LogP contribution in [0.2, 0.25) is 0 Å². The van der Waals surface area contributed by atoms with Crippen molar-refractivity contribution in [2.45, 2.75) is 65.5 Å². The van der Waals surface area contributed by atoms with Gasteiger partial charge in [0.2, 0.25) is 0 Å². The molecular weight excluding hydrogens is 292 g/mol. The van der Waals surface area contributed by atoms with Gasteiger partial charge in [-0.1, -0.05) is 52.0 Å². The molecule has 6 atom stereocenters. The molecule has 1 aromatic rings. The molecule has 4 N–H and O–H groups in total. The van der Waals surface area contributed by atoms with Crippen molar-refractivity contribution in [3.63, 3.8) is 0 Å². The van der Waals surface area contributed by atoms with Gasteiger partial charge >= 0.3 is 0 Å². The first kappa shape index (κ1) is 17.9. The van der Waals surface area contributed by atoms with E-state index in [1.54, 1.807) is 0 Å². The van der Waals surface area contributed by atoms with Crippen molar-refractivity contribution in [1.82, 2.24) is 0 Å². The summed E-state index contributed by atoms with van der Waals surface area (Å²) in [4.78, 5) is 0. The second kappa shape index (κ2) is 7.17. The lowest BCUT2D eigenvalue weighted by Crippen LogP contribution is -2.38. The molecule has 0 aromatic heterocycles. The van der Waals surface area contributed by atoms with Gasteiger partial charge in [-0.05, 0) is 72.3 Å². The van der Waals surface area contributed by atoms with Crippen LogP contribution in [-0.4, -0.2) is 6.04 Å². The second-order valence-electron chi connectivity index (χ2n) is 9.07. The Morgan fingerprint density at radius 3 is 2.08 bits per heavy atom. The van der Waals surface area contributed by atoms with Gasteiger partial charge in [-0.3, -0.25) is 0 Å². The molecule has 134 valence electrons. The van der Waals surface area contributed by atoms with Gasteiger partial charge in [0.05, 0.1) is 0 Å². The van der Waals surface area contributed by atoms with E-state index >= 15 is 0 Å². The number of rotatable bonds is 2. The van der Waals surface area contributed by atoms with Crippen molar-refractivity contribution in [1.29, 1.82) is 0 Å². The first-order valence-electron chi connectivity index (χ1n) is 9.99. The van der Waals surface area contributed by atoms with E-state index in [1.165, 1.54) is 30.4 Å². The molecule has 0 spiro atoms. The summed E-state index contributed by atoms with van der Waals surface area (Å²) in [5, 5.41) is 0. The van der Waals surface area contributed by atoms with Crippen molar-refractivity contribution >= 4 is 0 Å². The van der Waals surface area contributed by atoms with Crippen molar-refractivity contribution in [2.24, 2.45) is 47.0 Å². The summed E-state index contributed by atoms with van der Waals surface area (Å²) in [5.41, 5.74) is 15.2. The van der Waals surface area contributed by atoms with E-state index in [2.05, 4.69) is 52.0 Å². The highest BCUT2D eigenvalue weighted by Gasteiger charge is 2.46. The Morgan fingerprint density at radius 1 is 0.917 bits per heavy atom. The first-order valence-corrected chi connectivity index (χ1v) is 9.99. The molecule has 3 aliphatic rings. The maximum absolute atomic E-state index is 6.19. The van der Waals surface area contributed by atoms with E-state index in [1.807, 2.05) is 0 Å². The minimum Gasteiger partial charge on any atom is -0.327 e. The second-order valence-corrected chi connectivity index (χ2v) is 9.07. The fourth-order valence-electron chi connectivity index (χ4n) is 5.68.